The Morgan fingerprint density at radius 2 is 2.14 bits per heavy atom. The van der Waals surface area contributed by atoms with Crippen molar-refractivity contribution < 1.29 is 4.79 Å². The topological polar surface area (TPSA) is 58.4 Å². The zero-order valence-electron chi connectivity index (χ0n) is 13.2. The Kier molecular flexibility index (Phi) is 7.54. The van der Waals surface area contributed by atoms with Crippen molar-refractivity contribution in [2.45, 2.75) is 33.6 Å². The average molecular weight is 312 g/mol. The number of nitrogens with zero attached hydrogens (tertiary/aromatic N) is 1. The van der Waals surface area contributed by atoms with Crippen molar-refractivity contribution in [2.24, 2.45) is 5.92 Å². The van der Waals surface area contributed by atoms with Crippen molar-refractivity contribution in [1.82, 2.24) is 4.90 Å². The van der Waals surface area contributed by atoms with E-state index in [1.807, 2.05) is 0 Å². The van der Waals surface area contributed by atoms with Crippen LogP contribution in [0.3, 0.4) is 0 Å². The number of amides is 1. The number of hydrogen-bond donors (Lipinski definition) is 2. The SMILES string of the molecule is CCC(C)CN(CC)CCC(=O)Nc1cc(Cl)ccc1N. The van der Waals surface area contributed by atoms with Crippen LogP contribution in [0.25, 0.3) is 0 Å². The van der Waals surface area contributed by atoms with Crippen molar-refractivity contribution in [3.8, 4) is 0 Å². The van der Waals surface area contributed by atoms with Gasteiger partial charge in [0.05, 0.1) is 11.4 Å². The molecule has 0 fully saturated rings. The highest BCUT2D eigenvalue weighted by atomic mass is 35.5. The van der Waals surface area contributed by atoms with Gasteiger partial charge in [0.15, 0.2) is 0 Å². The van der Waals surface area contributed by atoms with Crippen LogP contribution in [-0.2, 0) is 4.79 Å². The molecular weight excluding hydrogens is 286 g/mol. The van der Waals surface area contributed by atoms with Gasteiger partial charge >= 0.3 is 0 Å². The Morgan fingerprint density at radius 3 is 2.76 bits per heavy atom. The summed E-state index contributed by atoms with van der Waals surface area (Å²) >= 11 is 5.91. The first-order valence-electron chi connectivity index (χ1n) is 7.53. The molecule has 3 N–H and O–H groups in total. The van der Waals surface area contributed by atoms with Crippen LogP contribution in [0.2, 0.25) is 5.02 Å². The van der Waals surface area contributed by atoms with Crippen molar-refractivity contribution in [3.05, 3.63) is 23.2 Å². The van der Waals surface area contributed by atoms with E-state index in [1.165, 1.54) is 0 Å². The third-order valence-electron chi connectivity index (χ3n) is 3.66. The summed E-state index contributed by atoms with van der Waals surface area (Å²) < 4.78 is 0. The van der Waals surface area contributed by atoms with Crippen LogP contribution in [0.1, 0.15) is 33.6 Å². The van der Waals surface area contributed by atoms with Gasteiger partial charge in [-0.15, -0.1) is 0 Å². The normalized spacial score (nSPS) is 12.4. The Bertz CT molecular complexity index is 465. The number of hydrogen-bond acceptors (Lipinski definition) is 3. The largest absolute Gasteiger partial charge is 0.397 e. The monoisotopic (exact) mass is 311 g/mol. The fourth-order valence-electron chi connectivity index (χ4n) is 2.06. The molecule has 0 aliphatic carbocycles. The fourth-order valence-corrected chi connectivity index (χ4v) is 2.23. The smallest absolute Gasteiger partial charge is 0.225 e. The van der Waals surface area contributed by atoms with E-state index >= 15 is 0 Å². The molecule has 0 radical (unpaired) electrons. The third kappa shape index (κ3) is 6.36. The zero-order valence-corrected chi connectivity index (χ0v) is 13.9. The first-order chi connectivity index (χ1) is 9.96. The van der Waals surface area contributed by atoms with Gasteiger partial charge in [0.2, 0.25) is 5.91 Å². The summed E-state index contributed by atoms with van der Waals surface area (Å²) in [5.41, 5.74) is 6.93. The molecule has 0 bridgehead atoms. The Morgan fingerprint density at radius 1 is 1.43 bits per heavy atom. The molecule has 0 aliphatic rings. The molecule has 1 aromatic carbocycles. The molecule has 0 aromatic heterocycles. The lowest BCUT2D eigenvalue weighted by Gasteiger charge is -2.23. The van der Waals surface area contributed by atoms with Gasteiger partial charge in [0, 0.05) is 24.5 Å². The summed E-state index contributed by atoms with van der Waals surface area (Å²) in [7, 11) is 0. The maximum atomic E-state index is 12.0. The van der Waals surface area contributed by atoms with Crippen molar-refractivity contribution in [3.63, 3.8) is 0 Å². The van der Waals surface area contributed by atoms with Crippen LogP contribution < -0.4 is 11.1 Å². The molecule has 0 heterocycles. The molecule has 0 aliphatic heterocycles. The predicted octanol–water partition coefficient (Wildman–Crippen LogP) is 3.62. The summed E-state index contributed by atoms with van der Waals surface area (Å²) in [5.74, 6) is 0.614. The van der Waals surface area contributed by atoms with E-state index in [1.54, 1.807) is 18.2 Å². The van der Waals surface area contributed by atoms with Gasteiger partial charge in [-0.05, 0) is 30.7 Å². The van der Waals surface area contributed by atoms with E-state index in [0.29, 0.717) is 28.7 Å². The fraction of sp³-hybridized carbons (Fsp3) is 0.562. The summed E-state index contributed by atoms with van der Waals surface area (Å²) in [6, 6.07) is 5.07. The summed E-state index contributed by atoms with van der Waals surface area (Å²) in [6.07, 6.45) is 1.61. The highest BCUT2D eigenvalue weighted by molar-refractivity contribution is 6.31. The second-order valence-corrected chi connectivity index (χ2v) is 5.87. The van der Waals surface area contributed by atoms with Crippen molar-refractivity contribution in [1.29, 1.82) is 0 Å². The van der Waals surface area contributed by atoms with Crippen LogP contribution in [0.4, 0.5) is 11.4 Å². The van der Waals surface area contributed by atoms with E-state index in [0.717, 1.165) is 26.1 Å². The lowest BCUT2D eigenvalue weighted by Crippen LogP contribution is -2.31. The van der Waals surface area contributed by atoms with Gasteiger partial charge in [-0.2, -0.15) is 0 Å². The summed E-state index contributed by atoms with van der Waals surface area (Å²) in [4.78, 5) is 14.3. The van der Waals surface area contributed by atoms with Gasteiger partial charge in [-0.25, -0.2) is 0 Å². The molecule has 0 spiro atoms. The van der Waals surface area contributed by atoms with E-state index in [-0.39, 0.29) is 5.91 Å². The Balaban J connectivity index is 2.47. The van der Waals surface area contributed by atoms with Crippen molar-refractivity contribution in [2.75, 3.05) is 30.7 Å². The number of benzene rings is 1. The van der Waals surface area contributed by atoms with Crippen molar-refractivity contribution >= 4 is 28.9 Å². The number of nitrogens with one attached hydrogen (secondary N) is 1. The molecule has 0 saturated carbocycles. The van der Waals surface area contributed by atoms with Gasteiger partial charge in [0.1, 0.15) is 0 Å². The second-order valence-electron chi connectivity index (χ2n) is 5.44. The summed E-state index contributed by atoms with van der Waals surface area (Å²) in [5, 5.41) is 3.38. The number of nitrogens with two attached hydrogens (primary N) is 1. The first-order valence-corrected chi connectivity index (χ1v) is 7.91. The number of rotatable bonds is 8. The van der Waals surface area contributed by atoms with Crippen LogP contribution in [-0.4, -0.2) is 30.4 Å². The lowest BCUT2D eigenvalue weighted by atomic mass is 10.1. The standard InChI is InChI=1S/C16H26ClN3O/c1-4-12(3)11-20(5-2)9-8-16(21)19-15-10-13(17)6-7-14(15)18/h6-7,10,12H,4-5,8-9,11,18H2,1-3H3,(H,19,21). The number of halogens is 1. The molecule has 0 saturated heterocycles. The van der Waals surface area contributed by atoms with Crippen LogP contribution >= 0.6 is 11.6 Å². The molecule has 1 unspecified atom stereocenters. The number of anilines is 2. The minimum Gasteiger partial charge on any atom is -0.397 e. The maximum Gasteiger partial charge on any atom is 0.225 e. The average Bonchev–Trinajstić information content (AvgIpc) is 2.46. The van der Waals surface area contributed by atoms with Crippen LogP contribution in [0.15, 0.2) is 18.2 Å². The molecule has 1 atom stereocenters. The Labute approximate surface area is 132 Å². The third-order valence-corrected chi connectivity index (χ3v) is 3.89. The highest BCUT2D eigenvalue weighted by Crippen LogP contribution is 2.23. The quantitative estimate of drug-likeness (QED) is 0.721. The minimum atomic E-state index is -0.0356. The van der Waals surface area contributed by atoms with Gasteiger partial charge < -0.3 is 16.0 Å². The zero-order chi connectivity index (χ0) is 15.8. The van der Waals surface area contributed by atoms with Gasteiger partial charge in [-0.3, -0.25) is 4.79 Å². The molecule has 4 nitrogen and oxygen atoms in total. The molecule has 1 aromatic rings. The summed E-state index contributed by atoms with van der Waals surface area (Å²) in [6.45, 7) is 9.28. The Hall–Kier alpha value is -1.26. The second kappa shape index (κ2) is 8.90. The molecule has 21 heavy (non-hydrogen) atoms. The van der Waals surface area contributed by atoms with E-state index in [2.05, 4.69) is 31.0 Å². The van der Waals surface area contributed by atoms with Gasteiger partial charge in [0.25, 0.3) is 0 Å². The molecular formula is C16H26ClN3O. The lowest BCUT2D eigenvalue weighted by molar-refractivity contribution is -0.116. The molecule has 118 valence electrons. The van der Waals surface area contributed by atoms with Crippen LogP contribution in [0.5, 0.6) is 0 Å². The minimum absolute atomic E-state index is 0.0356. The number of nitrogen functional groups attached to an aromatic ring is 1. The number of carbonyl (C=O) groups is 1. The molecule has 1 amide bonds. The first kappa shape index (κ1) is 17.8. The molecule has 1 rings (SSSR count). The maximum absolute atomic E-state index is 12.0. The van der Waals surface area contributed by atoms with Crippen LogP contribution in [0, 0.1) is 5.92 Å². The van der Waals surface area contributed by atoms with Gasteiger partial charge in [-0.1, -0.05) is 38.8 Å². The van der Waals surface area contributed by atoms with E-state index in [4.69, 9.17) is 17.3 Å². The number of carbonyl (C=O) groups excluding carboxylic acids is 1. The highest BCUT2D eigenvalue weighted by Gasteiger charge is 2.11. The van der Waals surface area contributed by atoms with E-state index in [9.17, 15) is 4.79 Å². The molecule has 5 heteroatoms. The van der Waals surface area contributed by atoms with E-state index < -0.39 is 0 Å². The predicted molar refractivity (Wildman–Crippen MR) is 90.7 cm³/mol.